The third kappa shape index (κ3) is 3.83. The number of rotatable bonds is 6. The topological polar surface area (TPSA) is 108 Å². The van der Waals surface area contributed by atoms with Crippen molar-refractivity contribution in [2.24, 2.45) is 0 Å². The van der Waals surface area contributed by atoms with Crippen LogP contribution >= 0.6 is 11.6 Å². The van der Waals surface area contributed by atoms with E-state index < -0.39 is 16.0 Å². The van der Waals surface area contributed by atoms with Crippen LogP contribution in [-0.4, -0.2) is 43.8 Å². The maximum Gasteiger partial charge on any atom is 0.337 e. The van der Waals surface area contributed by atoms with Crippen molar-refractivity contribution in [3.8, 4) is 0 Å². The van der Waals surface area contributed by atoms with Crippen LogP contribution in [0.3, 0.4) is 0 Å². The van der Waals surface area contributed by atoms with Gasteiger partial charge in [-0.1, -0.05) is 11.6 Å². The molecule has 1 aromatic heterocycles. The molecule has 0 aliphatic rings. The van der Waals surface area contributed by atoms with Gasteiger partial charge in [0.2, 0.25) is 10.0 Å². The average Bonchev–Trinajstić information content (AvgIpc) is 2.31. The zero-order valence-electron chi connectivity index (χ0n) is 9.47. The molecule has 1 aromatic rings. The highest BCUT2D eigenvalue weighted by Crippen LogP contribution is 2.23. The second-order valence-electron chi connectivity index (χ2n) is 3.28. The molecule has 1 rings (SSSR count). The van der Waals surface area contributed by atoms with E-state index in [9.17, 15) is 13.2 Å². The van der Waals surface area contributed by atoms with Crippen molar-refractivity contribution in [2.75, 3.05) is 24.7 Å². The Balaban J connectivity index is 2.75. The summed E-state index contributed by atoms with van der Waals surface area (Å²) in [5.74, 6) is -1.20. The van der Waals surface area contributed by atoms with Crippen molar-refractivity contribution in [3.05, 3.63) is 22.8 Å². The first-order valence-corrected chi connectivity index (χ1v) is 6.93. The molecule has 0 fully saturated rings. The van der Waals surface area contributed by atoms with E-state index in [4.69, 9.17) is 16.7 Å². The van der Waals surface area contributed by atoms with E-state index in [2.05, 4.69) is 15.0 Å². The van der Waals surface area contributed by atoms with Crippen LogP contribution in [0.1, 0.15) is 10.4 Å². The van der Waals surface area contributed by atoms with Gasteiger partial charge in [-0.05, 0) is 13.1 Å². The summed E-state index contributed by atoms with van der Waals surface area (Å²) in [6.07, 6.45) is 1.28. The van der Waals surface area contributed by atoms with Gasteiger partial charge in [-0.3, -0.25) is 0 Å². The predicted octanol–water partition coefficient (Wildman–Crippen LogP) is 0.394. The molecule has 0 saturated heterocycles. The summed E-state index contributed by atoms with van der Waals surface area (Å²) in [4.78, 5) is 14.7. The molecule has 0 aromatic carbocycles. The first-order chi connectivity index (χ1) is 8.37. The van der Waals surface area contributed by atoms with E-state index in [0.717, 1.165) is 0 Å². The SMILES string of the molecule is CNS(=O)(=O)CCNc1nccc(C(=O)O)c1Cl. The number of anilines is 1. The second-order valence-corrected chi connectivity index (χ2v) is 5.70. The lowest BCUT2D eigenvalue weighted by Crippen LogP contribution is -2.26. The summed E-state index contributed by atoms with van der Waals surface area (Å²) in [6.45, 7) is 0.0684. The van der Waals surface area contributed by atoms with Crippen LogP contribution in [-0.2, 0) is 10.0 Å². The van der Waals surface area contributed by atoms with Crippen molar-refractivity contribution in [1.29, 1.82) is 0 Å². The summed E-state index contributed by atoms with van der Waals surface area (Å²) in [5, 5.41) is 11.5. The van der Waals surface area contributed by atoms with Gasteiger partial charge in [-0.15, -0.1) is 0 Å². The van der Waals surface area contributed by atoms with E-state index in [0.29, 0.717) is 0 Å². The molecule has 100 valence electrons. The van der Waals surface area contributed by atoms with Gasteiger partial charge < -0.3 is 10.4 Å². The summed E-state index contributed by atoms with van der Waals surface area (Å²) in [5.41, 5.74) is -0.0920. The first-order valence-electron chi connectivity index (χ1n) is 4.90. The smallest absolute Gasteiger partial charge is 0.337 e. The Morgan fingerprint density at radius 3 is 2.78 bits per heavy atom. The Bertz CT molecular complexity index is 547. The molecule has 3 N–H and O–H groups in total. The number of sulfonamides is 1. The first kappa shape index (κ1) is 14.7. The third-order valence-corrected chi connectivity index (χ3v) is 3.84. The molecule has 0 amide bonds. The number of halogens is 1. The van der Waals surface area contributed by atoms with Gasteiger partial charge in [-0.2, -0.15) is 0 Å². The Morgan fingerprint density at radius 2 is 2.22 bits per heavy atom. The van der Waals surface area contributed by atoms with Crippen LogP contribution in [0.4, 0.5) is 5.82 Å². The molecular weight excluding hydrogens is 282 g/mol. The molecular formula is C9H12ClN3O4S. The Labute approximate surface area is 109 Å². The maximum atomic E-state index is 11.2. The van der Waals surface area contributed by atoms with E-state index in [1.807, 2.05) is 0 Å². The maximum absolute atomic E-state index is 11.2. The van der Waals surface area contributed by atoms with Crippen LogP contribution in [0.25, 0.3) is 0 Å². The van der Waals surface area contributed by atoms with Gasteiger partial charge in [0.25, 0.3) is 0 Å². The summed E-state index contributed by atoms with van der Waals surface area (Å²) >= 11 is 5.82. The molecule has 0 spiro atoms. The van der Waals surface area contributed by atoms with E-state index in [1.54, 1.807) is 0 Å². The molecule has 0 radical (unpaired) electrons. The van der Waals surface area contributed by atoms with E-state index in [-0.39, 0.29) is 28.7 Å². The number of hydrogen-bond acceptors (Lipinski definition) is 5. The third-order valence-electron chi connectivity index (χ3n) is 2.09. The minimum atomic E-state index is -3.33. The highest BCUT2D eigenvalue weighted by atomic mass is 35.5. The number of hydrogen-bond donors (Lipinski definition) is 3. The van der Waals surface area contributed by atoms with E-state index >= 15 is 0 Å². The number of carboxylic acids is 1. The standard InChI is InChI=1S/C9H12ClN3O4S/c1-11-18(16,17)5-4-13-8-7(10)6(9(14)15)2-3-12-8/h2-3,11H,4-5H2,1H3,(H,12,13)(H,14,15). The molecule has 0 aliphatic carbocycles. The minimum absolute atomic E-state index is 0.0492. The normalized spacial score (nSPS) is 11.2. The summed E-state index contributed by atoms with van der Waals surface area (Å²) in [6, 6.07) is 1.26. The van der Waals surface area contributed by atoms with Crippen LogP contribution < -0.4 is 10.0 Å². The van der Waals surface area contributed by atoms with Gasteiger partial charge in [0, 0.05) is 12.7 Å². The van der Waals surface area contributed by atoms with Gasteiger partial charge >= 0.3 is 5.97 Å². The largest absolute Gasteiger partial charge is 0.478 e. The summed E-state index contributed by atoms with van der Waals surface area (Å²) < 4.78 is 24.5. The molecule has 0 bridgehead atoms. The Hall–Kier alpha value is -1.38. The van der Waals surface area contributed by atoms with Crippen molar-refractivity contribution >= 4 is 33.4 Å². The lowest BCUT2D eigenvalue weighted by Gasteiger charge is -2.08. The number of pyridine rings is 1. The van der Waals surface area contributed by atoms with Gasteiger partial charge in [0.05, 0.1) is 16.3 Å². The number of aromatic carboxylic acids is 1. The average molecular weight is 294 g/mol. The lowest BCUT2D eigenvalue weighted by atomic mass is 10.2. The minimum Gasteiger partial charge on any atom is -0.478 e. The van der Waals surface area contributed by atoms with E-state index in [1.165, 1.54) is 19.3 Å². The van der Waals surface area contributed by atoms with Crippen LogP contribution in [0.15, 0.2) is 12.3 Å². The molecule has 0 atom stereocenters. The Kier molecular flexibility index (Phi) is 4.88. The van der Waals surface area contributed by atoms with Crippen molar-refractivity contribution in [2.45, 2.75) is 0 Å². The zero-order valence-corrected chi connectivity index (χ0v) is 11.0. The highest BCUT2D eigenvalue weighted by molar-refractivity contribution is 7.89. The molecule has 18 heavy (non-hydrogen) atoms. The number of carbonyl (C=O) groups is 1. The van der Waals surface area contributed by atoms with Crippen LogP contribution in [0.2, 0.25) is 5.02 Å². The van der Waals surface area contributed by atoms with Gasteiger partial charge in [-0.25, -0.2) is 22.9 Å². The lowest BCUT2D eigenvalue weighted by molar-refractivity contribution is 0.0697. The quantitative estimate of drug-likeness (QED) is 0.700. The number of carboxylic acid groups (broad SMARTS) is 1. The van der Waals surface area contributed by atoms with Crippen molar-refractivity contribution < 1.29 is 18.3 Å². The van der Waals surface area contributed by atoms with Gasteiger partial charge in [0.15, 0.2) is 0 Å². The number of nitrogens with zero attached hydrogens (tertiary/aromatic N) is 1. The number of aromatic nitrogens is 1. The summed E-state index contributed by atoms with van der Waals surface area (Å²) in [7, 11) is -2.02. The zero-order chi connectivity index (χ0) is 13.8. The molecule has 9 heteroatoms. The fraction of sp³-hybridized carbons (Fsp3) is 0.333. The second kappa shape index (κ2) is 5.98. The molecule has 0 unspecified atom stereocenters. The van der Waals surface area contributed by atoms with Crippen molar-refractivity contribution in [3.63, 3.8) is 0 Å². The molecule has 1 heterocycles. The Morgan fingerprint density at radius 1 is 1.56 bits per heavy atom. The molecule has 0 aliphatic heterocycles. The molecule has 0 saturated carbocycles. The van der Waals surface area contributed by atoms with Crippen LogP contribution in [0.5, 0.6) is 0 Å². The van der Waals surface area contributed by atoms with Crippen LogP contribution in [0, 0.1) is 0 Å². The van der Waals surface area contributed by atoms with Gasteiger partial charge in [0.1, 0.15) is 5.82 Å². The molecule has 7 nitrogen and oxygen atoms in total. The predicted molar refractivity (Wildman–Crippen MR) is 67.5 cm³/mol. The fourth-order valence-electron chi connectivity index (χ4n) is 1.14. The highest BCUT2D eigenvalue weighted by Gasteiger charge is 2.13. The number of nitrogens with one attached hydrogen (secondary N) is 2. The fourth-order valence-corrected chi connectivity index (χ4v) is 1.97. The monoisotopic (exact) mass is 293 g/mol. The van der Waals surface area contributed by atoms with Crippen molar-refractivity contribution in [1.82, 2.24) is 9.71 Å².